The Labute approximate surface area is 97.8 Å². The number of benzene rings is 1. The summed E-state index contributed by atoms with van der Waals surface area (Å²) < 4.78 is 31.0. The second kappa shape index (κ2) is 5.33. The molecule has 5 heteroatoms. The molecule has 1 fully saturated rings. The number of carbonyl (C=O) groups excluding carboxylic acids is 1. The van der Waals surface area contributed by atoms with Gasteiger partial charge in [0.1, 0.15) is 11.6 Å². The van der Waals surface area contributed by atoms with Gasteiger partial charge in [0, 0.05) is 19.0 Å². The zero-order valence-corrected chi connectivity index (χ0v) is 9.21. The van der Waals surface area contributed by atoms with Crippen molar-refractivity contribution in [3.8, 4) is 0 Å². The quantitative estimate of drug-likeness (QED) is 0.860. The van der Waals surface area contributed by atoms with Crippen molar-refractivity contribution < 1.29 is 18.3 Å². The molecular weight excluding hydrogens is 228 g/mol. The molecule has 1 saturated heterocycles. The first-order chi connectivity index (χ1) is 8.15. The lowest BCUT2D eigenvalue weighted by Crippen LogP contribution is -2.47. The van der Waals surface area contributed by atoms with E-state index in [0.717, 1.165) is 6.07 Å². The van der Waals surface area contributed by atoms with E-state index in [1.165, 1.54) is 12.1 Å². The molecular formula is C12H13F2NO2. The topological polar surface area (TPSA) is 38.3 Å². The molecule has 0 saturated carbocycles. The summed E-state index contributed by atoms with van der Waals surface area (Å²) in [6, 6.07) is 2.75. The largest absolute Gasteiger partial charge is 0.378 e. The summed E-state index contributed by atoms with van der Waals surface area (Å²) in [5.41, 5.74) is 0.347. The van der Waals surface area contributed by atoms with Crippen LogP contribution in [-0.2, 0) is 16.0 Å². The smallest absolute Gasteiger partial charge is 0.156 e. The summed E-state index contributed by atoms with van der Waals surface area (Å²) in [6.45, 7) is 1.52. The van der Waals surface area contributed by atoms with Crippen molar-refractivity contribution in [2.75, 3.05) is 19.8 Å². The summed E-state index contributed by atoms with van der Waals surface area (Å²) in [5, 5.41) is 3.01. The minimum Gasteiger partial charge on any atom is -0.378 e. The van der Waals surface area contributed by atoms with Crippen LogP contribution in [0.15, 0.2) is 18.2 Å². The fraction of sp³-hybridized carbons (Fsp3) is 0.417. The third-order valence-corrected chi connectivity index (χ3v) is 2.61. The molecule has 3 nitrogen and oxygen atoms in total. The van der Waals surface area contributed by atoms with E-state index >= 15 is 0 Å². The minimum atomic E-state index is -0.666. The van der Waals surface area contributed by atoms with Crippen LogP contribution in [0.3, 0.4) is 0 Å². The zero-order valence-electron chi connectivity index (χ0n) is 9.21. The summed E-state index contributed by atoms with van der Waals surface area (Å²) in [4.78, 5) is 11.8. The molecule has 0 bridgehead atoms. The summed E-state index contributed by atoms with van der Waals surface area (Å²) in [5.74, 6) is -1.45. The molecule has 17 heavy (non-hydrogen) atoms. The molecule has 0 spiro atoms. The van der Waals surface area contributed by atoms with Crippen molar-refractivity contribution in [2.24, 2.45) is 0 Å². The van der Waals surface area contributed by atoms with Gasteiger partial charge in [0.05, 0.1) is 19.3 Å². The van der Waals surface area contributed by atoms with Crippen LogP contribution in [0.1, 0.15) is 5.56 Å². The molecule has 0 aromatic heterocycles. The maximum Gasteiger partial charge on any atom is 0.156 e. The van der Waals surface area contributed by atoms with Gasteiger partial charge in [-0.25, -0.2) is 8.78 Å². The lowest BCUT2D eigenvalue weighted by atomic mass is 10.0. The third-order valence-electron chi connectivity index (χ3n) is 2.61. The van der Waals surface area contributed by atoms with Gasteiger partial charge < -0.3 is 10.1 Å². The fourth-order valence-electron chi connectivity index (χ4n) is 1.81. The number of Topliss-reactive ketones (excluding diaryl/α,β-unsaturated/α-hetero) is 1. The van der Waals surface area contributed by atoms with Crippen LogP contribution < -0.4 is 5.32 Å². The van der Waals surface area contributed by atoms with E-state index in [-0.39, 0.29) is 18.2 Å². The first-order valence-electron chi connectivity index (χ1n) is 5.44. The van der Waals surface area contributed by atoms with Gasteiger partial charge in [0.2, 0.25) is 0 Å². The van der Waals surface area contributed by atoms with Crippen molar-refractivity contribution in [2.45, 2.75) is 12.5 Å². The van der Waals surface area contributed by atoms with E-state index in [1.807, 2.05) is 0 Å². The van der Waals surface area contributed by atoms with Crippen molar-refractivity contribution >= 4 is 5.78 Å². The number of hydrogen-bond donors (Lipinski definition) is 1. The Morgan fingerprint density at radius 1 is 1.35 bits per heavy atom. The van der Waals surface area contributed by atoms with E-state index < -0.39 is 11.6 Å². The van der Waals surface area contributed by atoms with Gasteiger partial charge in [-0.2, -0.15) is 0 Å². The molecule has 1 aliphatic rings. The number of morpholine rings is 1. The van der Waals surface area contributed by atoms with E-state index in [9.17, 15) is 13.6 Å². The van der Waals surface area contributed by atoms with Crippen LogP contribution in [0.2, 0.25) is 0 Å². The Kier molecular flexibility index (Phi) is 3.81. The van der Waals surface area contributed by atoms with Gasteiger partial charge in [-0.1, -0.05) is 0 Å². The Hall–Kier alpha value is -1.33. The lowest BCUT2D eigenvalue weighted by Gasteiger charge is -2.22. The van der Waals surface area contributed by atoms with E-state index in [4.69, 9.17) is 4.74 Å². The molecule has 0 aliphatic carbocycles. The van der Waals surface area contributed by atoms with E-state index in [0.29, 0.717) is 25.3 Å². The van der Waals surface area contributed by atoms with Gasteiger partial charge >= 0.3 is 0 Å². The predicted molar refractivity (Wildman–Crippen MR) is 57.7 cm³/mol. The van der Waals surface area contributed by atoms with Crippen molar-refractivity contribution in [1.29, 1.82) is 0 Å². The highest BCUT2D eigenvalue weighted by Gasteiger charge is 2.21. The van der Waals surface area contributed by atoms with E-state index in [1.54, 1.807) is 0 Å². The highest BCUT2D eigenvalue weighted by molar-refractivity contribution is 5.86. The Bertz CT molecular complexity index is 397. The molecule has 1 heterocycles. The summed E-state index contributed by atoms with van der Waals surface area (Å²) in [7, 11) is 0. The van der Waals surface area contributed by atoms with Gasteiger partial charge in [0.25, 0.3) is 0 Å². The predicted octanol–water partition coefficient (Wildman–Crippen LogP) is 1.06. The standard InChI is InChI=1S/C12H13F2NO2/c13-9-3-8(4-10(14)6-9)5-12(16)11-7-17-2-1-15-11/h3-4,6,11,15H,1-2,5,7H2. The Morgan fingerprint density at radius 3 is 2.65 bits per heavy atom. The molecule has 1 unspecified atom stereocenters. The Balaban J connectivity index is 2.01. The maximum atomic E-state index is 12.9. The van der Waals surface area contributed by atoms with Crippen LogP contribution in [0.4, 0.5) is 8.78 Å². The highest BCUT2D eigenvalue weighted by Crippen LogP contribution is 2.10. The second-order valence-electron chi connectivity index (χ2n) is 4.00. The van der Waals surface area contributed by atoms with Crippen LogP contribution in [0.5, 0.6) is 0 Å². The number of carbonyl (C=O) groups is 1. The first-order valence-corrected chi connectivity index (χ1v) is 5.44. The zero-order chi connectivity index (χ0) is 12.3. The maximum absolute atomic E-state index is 12.9. The van der Waals surface area contributed by atoms with Gasteiger partial charge in [0.15, 0.2) is 5.78 Å². The molecule has 1 aliphatic heterocycles. The van der Waals surface area contributed by atoms with Crippen LogP contribution in [0.25, 0.3) is 0 Å². The molecule has 1 N–H and O–H groups in total. The van der Waals surface area contributed by atoms with Crippen LogP contribution in [-0.4, -0.2) is 31.6 Å². The highest BCUT2D eigenvalue weighted by atomic mass is 19.1. The molecule has 2 rings (SSSR count). The van der Waals surface area contributed by atoms with Gasteiger partial charge in [-0.15, -0.1) is 0 Å². The number of hydrogen-bond acceptors (Lipinski definition) is 3. The van der Waals surface area contributed by atoms with Crippen molar-refractivity contribution in [1.82, 2.24) is 5.32 Å². The summed E-state index contributed by atoms with van der Waals surface area (Å²) in [6.07, 6.45) is 0.00963. The lowest BCUT2D eigenvalue weighted by molar-refractivity contribution is -0.123. The molecule has 0 radical (unpaired) electrons. The summed E-state index contributed by atoms with van der Waals surface area (Å²) >= 11 is 0. The molecule has 0 amide bonds. The number of rotatable bonds is 3. The molecule has 1 aromatic rings. The second-order valence-corrected chi connectivity index (χ2v) is 4.00. The fourth-order valence-corrected chi connectivity index (χ4v) is 1.81. The number of ether oxygens (including phenoxy) is 1. The third kappa shape index (κ3) is 3.31. The van der Waals surface area contributed by atoms with E-state index in [2.05, 4.69) is 5.32 Å². The Morgan fingerprint density at radius 2 is 2.06 bits per heavy atom. The monoisotopic (exact) mass is 241 g/mol. The number of ketones is 1. The van der Waals surface area contributed by atoms with Crippen LogP contribution in [0, 0.1) is 11.6 Å². The first kappa shape index (κ1) is 12.1. The molecule has 1 aromatic carbocycles. The number of nitrogens with one attached hydrogen (secondary N) is 1. The van der Waals surface area contributed by atoms with Crippen molar-refractivity contribution in [3.05, 3.63) is 35.4 Å². The SMILES string of the molecule is O=C(Cc1cc(F)cc(F)c1)C1COCCN1. The van der Waals surface area contributed by atoms with Gasteiger partial charge in [-0.3, -0.25) is 4.79 Å². The van der Waals surface area contributed by atoms with Crippen molar-refractivity contribution in [3.63, 3.8) is 0 Å². The molecule has 1 atom stereocenters. The minimum absolute atomic E-state index is 0.00963. The number of halogens is 2. The average molecular weight is 241 g/mol. The normalized spacial score (nSPS) is 20.2. The average Bonchev–Trinajstić information content (AvgIpc) is 2.28. The van der Waals surface area contributed by atoms with Crippen LogP contribution >= 0.6 is 0 Å². The molecule has 92 valence electrons. The van der Waals surface area contributed by atoms with Gasteiger partial charge in [-0.05, 0) is 17.7 Å².